The minimum absolute atomic E-state index is 0.285. The van der Waals surface area contributed by atoms with E-state index in [4.69, 9.17) is 19.3 Å². The molecule has 0 N–H and O–H groups in total. The predicted octanol–water partition coefficient (Wildman–Crippen LogP) is 5.52. The van der Waals surface area contributed by atoms with Crippen LogP contribution in [0.25, 0.3) is 0 Å². The number of rotatable bonds is 6. The predicted molar refractivity (Wildman–Crippen MR) is 160 cm³/mol. The van der Waals surface area contributed by atoms with Crippen molar-refractivity contribution in [2.24, 2.45) is 10.5 Å². The fourth-order valence-corrected chi connectivity index (χ4v) is 7.13. The van der Waals surface area contributed by atoms with E-state index in [2.05, 4.69) is 0 Å². The Bertz CT molecular complexity index is 1790. The van der Waals surface area contributed by atoms with Crippen molar-refractivity contribution in [3.05, 3.63) is 124 Å². The number of benzene rings is 4. The fourth-order valence-electron chi connectivity index (χ4n) is 7.13. The first-order valence-electron chi connectivity index (χ1n) is 14.0. The van der Waals surface area contributed by atoms with Crippen LogP contribution in [0.4, 0.5) is 0 Å². The molecule has 3 aliphatic rings. The summed E-state index contributed by atoms with van der Waals surface area (Å²) in [5.74, 6) is -0.396. The highest BCUT2D eigenvalue weighted by atomic mass is 16.5. The summed E-state index contributed by atoms with van der Waals surface area (Å²) in [7, 11) is 4.63. The van der Waals surface area contributed by atoms with Crippen molar-refractivity contribution in [2.45, 2.75) is 18.0 Å². The number of hydrogen-bond acceptors (Lipinski definition) is 8. The summed E-state index contributed by atoms with van der Waals surface area (Å²) in [6, 6.07) is 24.6. The molecule has 2 heterocycles. The molecule has 2 aliphatic heterocycles. The molecule has 8 heteroatoms. The van der Waals surface area contributed by atoms with E-state index in [1.807, 2.05) is 24.3 Å². The molecule has 4 aromatic carbocycles. The summed E-state index contributed by atoms with van der Waals surface area (Å²) >= 11 is 0. The molecule has 1 spiro atoms. The molecular formula is C35H28N2O6. The smallest absolute Gasteiger partial charge is 0.187 e. The van der Waals surface area contributed by atoms with Gasteiger partial charge in [-0.25, -0.2) is 0 Å². The lowest BCUT2D eigenvalue weighted by Gasteiger charge is -2.36. The zero-order valence-corrected chi connectivity index (χ0v) is 23.8. The standard InChI is InChI=1S/C35H28N2O6/c1-41-22-14-12-20(13-15-22)31(38)30-29(27-18-23(42-2)16-17-28(27)43-3)35(33(39)25-10-6-7-11-26(25)34(35)40)32-24-9-5-4-8-21(24)19-36-37(30)32/h4-19,29-30,32H,1-3H3/t29-,30-,32-/m0/s1. The second-order valence-corrected chi connectivity index (χ2v) is 10.9. The van der Waals surface area contributed by atoms with E-state index in [9.17, 15) is 14.4 Å². The van der Waals surface area contributed by atoms with Crippen LogP contribution in [0.1, 0.15) is 59.7 Å². The summed E-state index contributed by atoms with van der Waals surface area (Å²) in [5.41, 5.74) is 1.41. The minimum Gasteiger partial charge on any atom is -0.497 e. The Morgan fingerprint density at radius 2 is 1.37 bits per heavy atom. The highest BCUT2D eigenvalue weighted by molar-refractivity contribution is 6.31. The van der Waals surface area contributed by atoms with E-state index in [0.29, 0.717) is 39.5 Å². The normalized spacial score (nSPS) is 20.9. The van der Waals surface area contributed by atoms with E-state index in [1.165, 1.54) is 7.11 Å². The van der Waals surface area contributed by atoms with Gasteiger partial charge in [0.1, 0.15) is 28.7 Å². The molecule has 0 aromatic heterocycles. The van der Waals surface area contributed by atoms with Crippen LogP contribution < -0.4 is 14.2 Å². The van der Waals surface area contributed by atoms with Gasteiger partial charge in [0, 0.05) is 28.2 Å². The van der Waals surface area contributed by atoms with Gasteiger partial charge in [-0.05, 0) is 53.6 Å². The first kappa shape index (κ1) is 26.6. The molecule has 0 radical (unpaired) electrons. The molecular weight excluding hydrogens is 544 g/mol. The third-order valence-electron chi connectivity index (χ3n) is 8.99. The van der Waals surface area contributed by atoms with Crippen LogP contribution in [0.2, 0.25) is 0 Å². The van der Waals surface area contributed by atoms with Crippen LogP contribution in [0.15, 0.2) is 96.1 Å². The molecule has 0 unspecified atom stereocenters. The van der Waals surface area contributed by atoms with Crippen molar-refractivity contribution in [3.63, 3.8) is 0 Å². The number of ketones is 3. The van der Waals surface area contributed by atoms with Crippen molar-refractivity contribution in [2.75, 3.05) is 21.3 Å². The van der Waals surface area contributed by atoms with Crippen LogP contribution in [-0.4, -0.2) is 55.9 Å². The number of Topliss-reactive ketones (excluding diaryl/α,β-unsaturated/α-hetero) is 3. The Morgan fingerprint density at radius 3 is 2.02 bits per heavy atom. The molecule has 43 heavy (non-hydrogen) atoms. The van der Waals surface area contributed by atoms with Crippen LogP contribution in [0.5, 0.6) is 17.2 Å². The summed E-state index contributed by atoms with van der Waals surface area (Å²) < 4.78 is 16.7. The van der Waals surface area contributed by atoms with Gasteiger partial charge < -0.3 is 14.2 Å². The second-order valence-electron chi connectivity index (χ2n) is 10.9. The van der Waals surface area contributed by atoms with Gasteiger partial charge in [-0.2, -0.15) is 5.10 Å². The molecule has 214 valence electrons. The summed E-state index contributed by atoms with van der Waals surface area (Å²) in [6.07, 6.45) is 1.69. The quantitative estimate of drug-likeness (QED) is 0.222. The topological polar surface area (TPSA) is 94.5 Å². The van der Waals surface area contributed by atoms with E-state index in [1.54, 1.807) is 92.2 Å². The largest absolute Gasteiger partial charge is 0.497 e. The van der Waals surface area contributed by atoms with Gasteiger partial charge in [-0.1, -0.05) is 48.5 Å². The summed E-state index contributed by atoms with van der Waals surface area (Å²) in [4.78, 5) is 44.6. The maximum absolute atomic E-state index is 14.9. The van der Waals surface area contributed by atoms with Gasteiger partial charge in [-0.3, -0.25) is 19.4 Å². The summed E-state index contributed by atoms with van der Waals surface area (Å²) in [6.45, 7) is 0. The van der Waals surface area contributed by atoms with Gasteiger partial charge in [0.2, 0.25) is 0 Å². The number of hydrogen-bond donors (Lipinski definition) is 0. The molecule has 8 nitrogen and oxygen atoms in total. The number of carbonyl (C=O) groups is 3. The van der Waals surface area contributed by atoms with E-state index in [-0.39, 0.29) is 17.3 Å². The van der Waals surface area contributed by atoms with Crippen LogP contribution in [0, 0.1) is 5.41 Å². The molecule has 1 aliphatic carbocycles. The Balaban J connectivity index is 1.56. The lowest BCUT2D eigenvalue weighted by Crippen LogP contribution is -2.44. The SMILES string of the molecule is COc1ccc(C(=O)[C@@H]2[C@H](c3cc(OC)ccc3OC)C3(C(=O)c4ccccc4C3=O)[C@@H]3c4ccccc4C=NN23)cc1. The van der Waals surface area contributed by atoms with Crippen molar-refractivity contribution in [1.82, 2.24) is 5.01 Å². The Morgan fingerprint density at radius 1 is 0.744 bits per heavy atom. The molecule has 0 bridgehead atoms. The number of nitrogens with zero attached hydrogens (tertiary/aromatic N) is 2. The van der Waals surface area contributed by atoms with Crippen molar-refractivity contribution < 1.29 is 28.6 Å². The van der Waals surface area contributed by atoms with Gasteiger partial charge in [0.15, 0.2) is 17.3 Å². The van der Waals surface area contributed by atoms with Crippen LogP contribution in [-0.2, 0) is 0 Å². The monoisotopic (exact) mass is 572 g/mol. The Hall–Kier alpha value is -5.24. The fraction of sp³-hybridized carbons (Fsp3) is 0.200. The molecule has 0 amide bonds. The lowest BCUT2D eigenvalue weighted by atomic mass is 9.62. The Labute approximate surface area is 248 Å². The molecule has 1 saturated heterocycles. The number of hydrazone groups is 1. The Kier molecular flexibility index (Phi) is 6.16. The molecule has 4 aromatic rings. The highest BCUT2D eigenvalue weighted by Crippen LogP contribution is 2.65. The van der Waals surface area contributed by atoms with Gasteiger partial charge >= 0.3 is 0 Å². The van der Waals surface area contributed by atoms with Gasteiger partial charge in [-0.15, -0.1) is 0 Å². The van der Waals surface area contributed by atoms with E-state index < -0.39 is 23.4 Å². The number of ether oxygens (including phenoxy) is 3. The van der Waals surface area contributed by atoms with Gasteiger partial charge in [0.05, 0.1) is 33.6 Å². The average Bonchev–Trinajstić information content (AvgIpc) is 3.50. The third-order valence-corrected chi connectivity index (χ3v) is 8.99. The average molecular weight is 573 g/mol. The van der Waals surface area contributed by atoms with E-state index >= 15 is 0 Å². The van der Waals surface area contributed by atoms with Crippen molar-refractivity contribution >= 4 is 23.6 Å². The zero-order chi connectivity index (χ0) is 29.9. The first-order chi connectivity index (χ1) is 20.9. The van der Waals surface area contributed by atoms with E-state index in [0.717, 1.165) is 11.1 Å². The highest BCUT2D eigenvalue weighted by Gasteiger charge is 2.73. The lowest BCUT2D eigenvalue weighted by molar-refractivity contribution is 0.0585. The van der Waals surface area contributed by atoms with Crippen LogP contribution >= 0.6 is 0 Å². The molecule has 0 saturated carbocycles. The maximum Gasteiger partial charge on any atom is 0.187 e. The van der Waals surface area contributed by atoms with Crippen molar-refractivity contribution in [1.29, 1.82) is 0 Å². The minimum atomic E-state index is -1.72. The number of carbonyl (C=O) groups excluding carboxylic acids is 3. The maximum atomic E-state index is 14.9. The second kappa shape index (κ2) is 9.94. The molecule has 7 rings (SSSR count). The zero-order valence-electron chi connectivity index (χ0n) is 23.8. The third kappa shape index (κ3) is 3.62. The van der Waals surface area contributed by atoms with Gasteiger partial charge in [0.25, 0.3) is 0 Å². The first-order valence-corrected chi connectivity index (χ1v) is 14.0. The molecule has 3 atom stereocenters. The van der Waals surface area contributed by atoms with Crippen LogP contribution in [0.3, 0.4) is 0 Å². The number of methoxy groups -OCH3 is 3. The summed E-state index contributed by atoms with van der Waals surface area (Å²) in [5, 5.41) is 6.47. The molecule has 1 fully saturated rings. The number of fused-ring (bicyclic) bond motifs is 5. The van der Waals surface area contributed by atoms with Crippen molar-refractivity contribution in [3.8, 4) is 17.2 Å².